The lowest BCUT2D eigenvalue weighted by Gasteiger charge is -2.21. The lowest BCUT2D eigenvalue weighted by atomic mass is 10.0. The van der Waals surface area contributed by atoms with Gasteiger partial charge in [0.05, 0.1) is 11.6 Å². The van der Waals surface area contributed by atoms with Crippen LogP contribution in [0, 0.1) is 25.7 Å². The van der Waals surface area contributed by atoms with Gasteiger partial charge in [0.15, 0.2) is 0 Å². The highest BCUT2D eigenvalue weighted by molar-refractivity contribution is 5.98. The van der Waals surface area contributed by atoms with Crippen LogP contribution < -0.4 is 4.90 Å². The molecule has 0 saturated carbocycles. The first-order valence-corrected chi connectivity index (χ1v) is 8.14. The first-order valence-electron chi connectivity index (χ1n) is 8.14. The Morgan fingerprint density at radius 2 is 1.96 bits per heavy atom. The van der Waals surface area contributed by atoms with Gasteiger partial charge in [-0.05, 0) is 26.0 Å². The number of carbonyl (C=O) groups is 1. The molecule has 5 heteroatoms. The summed E-state index contributed by atoms with van der Waals surface area (Å²) < 4.78 is 5.24. The van der Waals surface area contributed by atoms with Crippen molar-refractivity contribution in [2.45, 2.75) is 20.4 Å². The van der Waals surface area contributed by atoms with E-state index in [1.165, 1.54) is 0 Å². The molecule has 4 rings (SSSR count). The first-order chi connectivity index (χ1) is 11.1. The fourth-order valence-electron chi connectivity index (χ4n) is 3.87. The number of rotatable bonds is 3. The van der Waals surface area contributed by atoms with Crippen molar-refractivity contribution < 1.29 is 9.32 Å². The zero-order valence-electron chi connectivity index (χ0n) is 13.5. The predicted octanol–water partition coefficient (Wildman–Crippen LogP) is 2.39. The summed E-state index contributed by atoms with van der Waals surface area (Å²) in [6.07, 6.45) is 0. The Bertz CT molecular complexity index is 706. The fourth-order valence-corrected chi connectivity index (χ4v) is 3.87. The zero-order chi connectivity index (χ0) is 16.0. The quantitative estimate of drug-likeness (QED) is 0.873. The van der Waals surface area contributed by atoms with Crippen molar-refractivity contribution in [1.29, 1.82) is 0 Å². The summed E-state index contributed by atoms with van der Waals surface area (Å²) in [6, 6.07) is 9.98. The van der Waals surface area contributed by atoms with E-state index in [4.69, 9.17) is 4.52 Å². The molecule has 1 amide bonds. The topological polar surface area (TPSA) is 49.6 Å². The van der Waals surface area contributed by atoms with Gasteiger partial charge in [0, 0.05) is 43.3 Å². The second-order valence-electron chi connectivity index (χ2n) is 6.65. The number of para-hydroxylation sites is 1. The maximum atomic E-state index is 12.7. The lowest BCUT2D eigenvalue weighted by Crippen LogP contribution is -2.32. The van der Waals surface area contributed by atoms with Crippen molar-refractivity contribution in [1.82, 2.24) is 10.1 Å². The third-order valence-corrected chi connectivity index (χ3v) is 5.15. The van der Waals surface area contributed by atoms with Crippen LogP contribution in [0.2, 0.25) is 0 Å². The minimum atomic E-state index is 0.121. The Morgan fingerprint density at radius 3 is 2.61 bits per heavy atom. The van der Waals surface area contributed by atoms with Gasteiger partial charge in [-0.15, -0.1) is 0 Å². The van der Waals surface area contributed by atoms with E-state index in [1.54, 1.807) is 0 Å². The number of likely N-dealkylation sites (tertiary alicyclic amines) is 1. The Labute approximate surface area is 135 Å². The third kappa shape index (κ3) is 2.45. The van der Waals surface area contributed by atoms with E-state index in [1.807, 2.05) is 49.1 Å². The van der Waals surface area contributed by atoms with Crippen LogP contribution in [-0.4, -0.2) is 35.6 Å². The van der Waals surface area contributed by atoms with Gasteiger partial charge >= 0.3 is 0 Å². The van der Waals surface area contributed by atoms with Crippen molar-refractivity contribution in [2.75, 3.05) is 24.5 Å². The van der Waals surface area contributed by atoms with Crippen molar-refractivity contribution in [3.63, 3.8) is 0 Å². The molecule has 2 saturated heterocycles. The van der Waals surface area contributed by atoms with Gasteiger partial charge in [-0.3, -0.25) is 9.69 Å². The molecule has 0 aliphatic carbocycles. The van der Waals surface area contributed by atoms with Crippen LogP contribution in [0.5, 0.6) is 0 Å². The molecule has 0 bridgehead atoms. The molecule has 1 aromatic heterocycles. The summed E-state index contributed by atoms with van der Waals surface area (Å²) in [5.41, 5.74) is 3.14. The number of fused-ring (bicyclic) bond motifs is 1. The SMILES string of the molecule is Cc1noc(C)c1CN1C[C@@H]2CN(c3ccccc3)C(=O)[C@@H]2C1. The molecular formula is C18H21N3O2. The van der Waals surface area contributed by atoms with E-state index in [0.29, 0.717) is 5.92 Å². The van der Waals surface area contributed by atoms with Crippen LogP contribution in [-0.2, 0) is 11.3 Å². The molecule has 2 aliphatic heterocycles. The number of amides is 1. The van der Waals surface area contributed by atoms with Crippen LogP contribution in [0.1, 0.15) is 17.0 Å². The minimum Gasteiger partial charge on any atom is -0.361 e. The first kappa shape index (κ1) is 14.5. The van der Waals surface area contributed by atoms with Gasteiger partial charge < -0.3 is 9.42 Å². The van der Waals surface area contributed by atoms with E-state index < -0.39 is 0 Å². The molecule has 0 radical (unpaired) electrons. The zero-order valence-corrected chi connectivity index (χ0v) is 13.5. The summed E-state index contributed by atoms with van der Waals surface area (Å²) in [6.45, 7) is 7.37. The van der Waals surface area contributed by atoms with Gasteiger partial charge in [-0.1, -0.05) is 23.4 Å². The van der Waals surface area contributed by atoms with E-state index in [-0.39, 0.29) is 11.8 Å². The van der Waals surface area contributed by atoms with E-state index in [0.717, 1.165) is 48.9 Å². The maximum Gasteiger partial charge on any atom is 0.231 e. The predicted molar refractivity (Wildman–Crippen MR) is 87.0 cm³/mol. The molecule has 120 valence electrons. The summed E-state index contributed by atoms with van der Waals surface area (Å²) in [5.74, 6) is 1.69. The minimum absolute atomic E-state index is 0.121. The maximum absolute atomic E-state index is 12.7. The van der Waals surface area contributed by atoms with Gasteiger partial charge in [-0.2, -0.15) is 0 Å². The molecule has 5 nitrogen and oxygen atoms in total. The normalized spacial score (nSPS) is 24.4. The Hall–Kier alpha value is -2.14. The van der Waals surface area contributed by atoms with E-state index >= 15 is 0 Å². The molecular weight excluding hydrogens is 290 g/mol. The highest BCUT2D eigenvalue weighted by Crippen LogP contribution is 2.35. The standard InChI is InChI=1S/C18H21N3O2/c1-12-16(13(2)23-19-12)10-20-8-14-9-21(18(22)17(14)11-20)15-6-4-3-5-7-15/h3-7,14,17H,8-11H2,1-2H3/t14-,17-/m1/s1. The smallest absolute Gasteiger partial charge is 0.231 e. The fraction of sp³-hybridized carbons (Fsp3) is 0.444. The average Bonchev–Trinajstić information content (AvgIpc) is 3.19. The number of aryl methyl sites for hydroxylation is 2. The number of hydrogen-bond acceptors (Lipinski definition) is 4. The van der Waals surface area contributed by atoms with Crippen molar-refractivity contribution >= 4 is 11.6 Å². The van der Waals surface area contributed by atoms with Crippen LogP contribution in [0.3, 0.4) is 0 Å². The van der Waals surface area contributed by atoms with Crippen molar-refractivity contribution in [3.8, 4) is 0 Å². The van der Waals surface area contributed by atoms with Crippen molar-refractivity contribution in [2.24, 2.45) is 11.8 Å². The molecule has 23 heavy (non-hydrogen) atoms. The number of aromatic nitrogens is 1. The van der Waals surface area contributed by atoms with Gasteiger partial charge in [-0.25, -0.2) is 0 Å². The summed E-state index contributed by atoms with van der Waals surface area (Å²) >= 11 is 0. The molecule has 0 unspecified atom stereocenters. The summed E-state index contributed by atoms with van der Waals surface area (Å²) in [5, 5.41) is 4.02. The van der Waals surface area contributed by atoms with Crippen LogP contribution in [0.15, 0.2) is 34.9 Å². The number of benzene rings is 1. The molecule has 1 aromatic carbocycles. The van der Waals surface area contributed by atoms with E-state index in [9.17, 15) is 4.79 Å². The summed E-state index contributed by atoms with van der Waals surface area (Å²) in [4.78, 5) is 17.0. The number of nitrogens with zero attached hydrogens (tertiary/aromatic N) is 3. The van der Waals surface area contributed by atoms with Crippen molar-refractivity contribution in [3.05, 3.63) is 47.3 Å². The molecule has 2 fully saturated rings. The van der Waals surface area contributed by atoms with Gasteiger partial charge in [0.25, 0.3) is 0 Å². The Kier molecular flexibility index (Phi) is 3.45. The van der Waals surface area contributed by atoms with Crippen LogP contribution in [0.25, 0.3) is 0 Å². The van der Waals surface area contributed by atoms with E-state index in [2.05, 4.69) is 10.1 Å². The highest BCUT2D eigenvalue weighted by Gasteiger charge is 2.46. The van der Waals surface area contributed by atoms with Gasteiger partial charge in [0.1, 0.15) is 5.76 Å². The Morgan fingerprint density at radius 1 is 1.17 bits per heavy atom. The molecule has 0 spiro atoms. The number of anilines is 1. The molecule has 3 heterocycles. The largest absolute Gasteiger partial charge is 0.361 e. The lowest BCUT2D eigenvalue weighted by molar-refractivity contribution is -0.120. The Balaban J connectivity index is 1.46. The number of hydrogen-bond donors (Lipinski definition) is 0. The molecule has 2 aromatic rings. The third-order valence-electron chi connectivity index (χ3n) is 5.15. The molecule has 2 atom stereocenters. The monoisotopic (exact) mass is 311 g/mol. The number of carbonyl (C=O) groups excluding carboxylic acids is 1. The average molecular weight is 311 g/mol. The molecule has 2 aliphatic rings. The van der Waals surface area contributed by atoms with Gasteiger partial charge in [0.2, 0.25) is 5.91 Å². The van der Waals surface area contributed by atoms with Crippen LogP contribution in [0.4, 0.5) is 5.69 Å². The highest BCUT2D eigenvalue weighted by atomic mass is 16.5. The second kappa shape index (κ2) is 5.49. The molecule has 0 N–H and O–H groups in total. The summed E-state index contributed by atoms with van der Waals surface area (Å²) in [7, 11) is 0. The second-order valence-corrected chi connectivity index (χ2v) is 6.65. The van der Waals surface area contributed by atoms with Crippen LogP contribution >= 0.6 is 0 Å².